The fourth-order valence-electron chi connectivity index (χ4n) is 2.69. The Kier molecular flexibility index (Phi) is 4.13. The van der Waals surface area contributed by atoms with Crippen LogP contribution < -0.4 is 5.73 Å². The number of likely N-dealkylation sites (tertiary alicyclic amines) is 1. The Morgan fingerprint density at radius 3 is 2.71 bits per heavy atom. The highest BCUT2D eigenvalue weighted by Crippen LogP contribution is 2.26. The predicted octanol–water partition coefficient (Wildman–Crippen LogP) is 2.56. The summed E-state index contributed by atoms with van der Waals surface area (Å²) in [5, 5.41) is 0. The molecule has 94 valence electrons. The minimum atomic E-state index is -0.184. The Morgan fingerprint density at radius 1 is 1.41 bits per heavy atom. The van der Waals surface area contributed by atoms with Crippen molar-refractivity contribution in [2.75, 3.05) is 19.6 Å². The van der Waals surface area contributed by atoms with Gasteiger partial charge in [0.05, 0.1) is 0 Å². The van der Waals surface area contributed by atoms with Crippen molar-refractivity contribution in [2.24, 2.45) is 11.7 Å². The maximum Gasteiger partial charge on any atom is 0.123 e. The van der Waals surface area contributed by atoms with Gasteiger partial charge in [-0.05, 0) is 43.0 Å². The van der Waals surface area contributed by atoms with Crippen LogP contribution in [0.4, 0.5) is 4.39 Å². The molecule has 2 N–H and O–H groups in total. The second-order valence-corrected chi connectivity index (χ2v) is 5.05. The lowest BCUT2D eigenvalue weighted by molar-refractivity contribution is 0.133. The van der Waals surface area contributed by atoms with E-state index < -0.39 is 0 Å². The van der Waals surface area contributed by atoms with Crippen molar-refractivity contribution in [1.82, 2.24) is 4.90 Å². The molecule has 2 atom stereocenters. The van der Waals surface area contributed by atoms with Crippen molar-refractivity contribution in [2.45, 2.75) is 25.8 Å². The summed E-state index contributed by atoms with van der Waals surface area (Å²) in [6.45, 7) is 5.07. The maximum atomic E-state index is 12.9. The zero-order valence-electron chi connectivity index (χ0n) is 10.4. The Balaban J connectivity index is 2.12. The first-order chi connectivity index (χ1) is 8.20. The van der Waals surface area contributed by atoms with Crippen molar-refractivity contribution in [1.29, 1.82) is 0 Å². The molecule has 3 heteroatoms. The predicted molar refractivity (Wildman–Crippen MR) is 68.2 cm³/mol. The van der Waals surface area contributed by atoms with Gasteiger partial charge in [0.15, 0.2) is 0 Å². The van der Waals surface area contributed by atoms with Gasteiger partial charge < -0.3 is 5.73 Å². The third kappa shape index (κ3) is 3.05. The fraction of sp³-hybridized carbons (Fsp3) is 0.571. The van der Waals surface area contributed by atoms with Crippen molar-refractivity contribution in [3.05, 3.63) is 35.6 Å². The van der Waals surface area contributed by atoms with Gasteiger partial charge in [-0.25, -0.2) is 4.39 Å². The lowest BCUT2D eigenvalue weighted by Gasteiger charge is -2.37. The summed E-state index contributed by atoms with van der Waals surface area (Å²) < 4.78 is 12.9. The SMILES string of the molecule is CC1CCCN(C(CN)c2ccc(F)cc2)C1. The highest BCUT2D eigenvalue weighted by molar-refractivity contribution is 5.20. The lowest BCUT2D eigenvalue weighted by Crippen LogP contribution is -2.40. The van der Waals surface area contributed by atoms with Crippen LogP contribution in [-0.4, -0.2) is 24.5 Å². The molecule has 1 aromatic carbocycles. The van der Waals surface area contributed by atoms with Crippen LogP contribution in [0.15, 0.2) is 24.3 Å². The highest BCUT2D eigenvalue weighted by Gasteiger charge is 2.23. The number of nitrogens with zero attached hydrogens (tertiary/aromatic N) is 1. The summed E-state index contributed by atoms with van der Waals surface area (Å²) in [4.78, 5) is 2.43. The summed E-state index contributed by atoms with van der Waals surface area (Å²) in [7, 11) is 0. The van der Waals surface area contributed by atoms with Crippen LogP contribution in [0.5, 0.6) is 0 Å². The van der Waals surface area contributed by atoms with Gasteiger partial charge in [0, 0.05) is 19.1 Å². The first-order valence-corrected chi connectivity index (χ1v) is 6.40. The van der Waals surface area contributed by atoms with Gasteiger partial charge >= 0.3 is 0 Å². The van der Waals surface area contributed by atoms with E-state index in [0.717, 1.165) is 24.6 Å². The Morgan fingerprint density at radius 2 is 2.12 bits per heavy atom. The molecule has 0 spiro atoms. The molecule has 0 bridgehead atoms. The molecule has 2 nitrogen and oxygen atoms in total. The molecule has 0 amide bonds. The van der Waals surface area contributed by atoms with Crippen molar-refractivity contribution < 1.29 is 4.39 Å². The van der Waals surface area contributed by atoms with E-state index >= 15 is 0 Å². The minimum absolute atomic E-state index is 0.184. The Hall–Kier alpha value is -0.930. The van der Waals surface area contributed by atoms with Crippen LogP contribution in [0, 0.1) is 11.7 Å². The number of rotatable bonds is 3. The molecular formula is C14H21FN2. The maximum absolute atomic E-state index is 12.9. The quantitative estimate of drug-likeness (QED) is 0.874. The molecule has 1 saturated heterocycles. The monoisotopic (exact) mass is 236 g/mol. The molecule has 1 heterocycles. The van der Waals surface area contributed by atoms with Gasteiger partial charge in [0.25, 0.3) is 0 Å². The first kappa shape index (κ1) is 12.5. The van der Waals surface area contributed by atoms with E-state index in [0.29, 0.717) is 6.54 Å². The van der Waals surface area contributed by atoms with Gasteiger partial charge in [0.1, 0.15) is 5.82 Å². The zero-order valence-corrected chi connectivity index (χ0v) is 10.4. The molecule has 2 unspecified atom stereocenters. The van der Waals surface area contributed by atoms with Crippen LogP contribution in [0.1, 0.15) is 31.4 Å². The molecule has 1 aliphatic heterocycles. The highest BCUT2D eigenvalue weighted by atomic mass is 19.1. The molecule has 0 saturated carbocycles. The van der Waals surface area contributed by atoms with Crippen LogP contribution in [-0.2, 0) is 0 Å². The summed E-state index contributed by atoms with van der Waals surface area (Å²) in [5.74, 6) is 0.551. The molecule has 1 fully saturated rings. The molecule has 1 aliphatic rings. The molecule has 17 heavy (non-hydrogen) atoms. The fourth-order valence-corrected chi connectivity index (χ4v) is 2.69. The number of hydrogen-bond donors (Lipinski definition) is 1. The van der Waals surface area contributed by atoms with E-state index in [2.05, 4.69) is 11.8 Å². The van der Waals surface area contributed by atoms with E-state index in [9.17, 15) is 4.39 Å². The number of benzene rings is 1. The number of nitrogens with two attached hydrogens (primary N) is 1. The lowest BCUT2D eigenvalue weighted by atomic mass is 9.96. The average Bonchev–Trinajstić information content (AvgIpc) is 2.33. The van der Waals surface area contributed by atoms with Crippen LogP contribution in [0.2, 0.25) is 0 Å². The van der Waals surface area contributed by atoms with Gasteiger partial charge in [-0.2, -0.15) is 0 Å². The van der Waals surface area contributed by atoms with E-state index in [1.54, 1.807) is 0 Å². The minimum Gasteiger partial charge on any atom is -0.329 e. The molecule has 0 radical (unpaired) electrons. The van der Waals surface area contributed by atoms with Crippen LogP contribution in [0.25, 0.3) is 0 Å². The summed E-state index contributed by atoms with van der Waals surface area (Å²) in [6, 6.07) is 6.98. The largest absolute Gasteiger partial charge is 0.329 e. The summed E-state index contributed by atoms with van der Waals surface area (Å²) >= 11 is 0. The first-order valence-electron chi connectivity index (χ1n) is 6.40. The number of halogens is 1. The number of piperidine rings is 1. The normalized spacial score (nSPS) is 23.6. The van der Waals surface area contributed by atoms with E-state index in [4.69, 9.17) is 5.73 Å². The van der Waals surface area contributed by atoms with Crippen molar-refractivity contribution in [3.8, 4) is 0 Å². The summed E-state index contributed by atoms with van der Waals surface area (Å²) in [6.07, 6.45) is 2.54. The van der Waals surface area contributed by atoms with Crippen molar-refractivity contribution >= 4 is 0 Å². The third-order valence-electron chi connectivity index (χ3n) is 3.61. The zero-order chi connectivity index (χ0) is 12.3. The van der Waals surface area contributed by atoms with Gasteiger partial charge in [0.2, 0.25) is 0 Å². The molecule has 0 aliphatic carbocycles. The molecule has 0 aromatic heterocycles. The van der Waals surface area contributed by atoms with E-state index in [1.165, 1.54) is 25.0 Å². The molecular weight excluding hydrogens is 215 g/mol. The van der Waals surface area contributed by atoms with Gasteiger partial charge in [-0.3, -0.25) is 4.90 Å². The topological polar surface area (TPSA) is 29.3 Å². The van der Waals surface area contributed by atoms with Gasteiger partial charge in [-0.1, -0.05) is 19.1 Å². The number of hydrogen-bond acceptors (Lipinski definition) is 2. The van der Waals surface area contributed by atoms with E-state index in [-0.39, 0.29) is 11.9 Å². The van der Waals surface area contributed by atoms with E-state index in [1.807, 2.05) is 12.1 Å². The summed E-state index contributed by atoms with van der Waals surface area (Å²) in [5.41, 5.74) is 7.01. The molecule has 1 aromatic rings. The van der Waals surface area contributed by atoms with Gasteiger partial charge in [-0.15, -0.1) is 0 Å². The smallest absolute Gasteiger partial charge is 0.123 e. The van der Waals surface area contributed by atoms with Crippen molar-refractivity contribution in [3.63, 3.8) is 0 Å². The second kappa shape index (κ2) is 5.61. The molecule has 2 rings (SSSR count). The standard InChI is InChI=1S/C14H21FN2/c1-11-3-2-8-17(10-11)14(9-16)12-4-6-13(15)7-5-12/h4-7,11,14H,2-3,8-10,16H2,1H3. The average molecular weight is 236 g/mol. The second-order valence-electron chi connectivity index (χ2n) is 5.05. The van der Waals surface area contributed by atoms with Crippen LogP contribution in [0.3, 0.4) is 0 Å². The Labute approximate surface area is 103 Å². The third-order valence-corrected chi connectivity index (χ3v) is 3.61. The van der Waals surface area contributed by atoms with Crippen LogP contribution >= 0.6 is 0 Å². The Bertz CT molecular complexity index is 350.